The highest BCUT2D eigenvalue weighted by Crippen LogP contribution is 2.30. The van der Waals surface area contributed by atoms with Crippen LogP contribution in [0.5, 0.6) is 0 Å². The highest BCUT2D eigenvalue weighted by Gasteiger charge is 2.22. The maximum absolute atomic E-state index is 12.8. The number of carbonyl (C=O) groups excluding carboxylic acids is 1. The van der Waals surface area contributed by atoms with Gasteiger partial charge in [-0.2, -0.15) is 0 Å². The molecule has 0 spiro atoms. The molecule has 0 radical (unpaired) electrons. The van der Waals surface area contributed by atoms with Crippen LogP contribution in [-0.4, -0.2) is 32.1 Å². The summed E-state index contributed by atoms with van der Waals surface area (Å²) in [6, 6.07) is 15.0. The Morgan fingerprint density at radius 1 is 0.967 bits per heavy atom. The summed E-state index contributed by atoms with van der Waals surface area (Å²) in [5, 5.41) is 31.3. The van der Waals surface area contributed by atoms with Crippen molar-refractivity contribution in [1.29, 1.82) is 0 Å². The van der Waals surface area contributed by atoms with Crippen LogP contribution in [0.1, 0.15) is 20.7 Å². The zero-order chi connectivity index (χ0) is 21.3. The Labute approximate surface area is 167 Å². The number of carboxylic acid groups (broad SMARTS) is 1. The van der Waals surface area contributed by atoms with Crippen LogP contribution >= 0.6 is 0 Å². The van der Waals surface area contributed by atoms with Crippen molar-refractivity contribution in [2.45, 2.75) is 0 Å². The molecule has 1 amide bonds. The number of nitro benzene ring substituents is 1. The maximum Gasteiger partial charge on any atom is 0.336 e. The number of hydrogen-bond acceptors (Lipinski definition) is 7. The molecular formula is C20H12N4O6. The van der Waals surface area contributed by atoms with Gasteiger partial charge in [-0.3, -0.25) is 20.2 Å². The summed E-state index contributed by atoms with van der Waals surface area (Å²) in [6.45, 7) is 0. The molecule has 0 aliphatic rings. The smallest absolute Gasteiger partial charge is 0.336 e. The number of para-hydroxylation sites is 1. The molecule has 30 heavy (non-hydrogen) atoms. The Bertz CT molecular complexity index is 1310. The van der Waals surface area contributed by atoms with Crippen LogP contribution in [0, 0.1) is 10.1 Å². The van der Waals surface area contributed by atoms with E-state index in [1.54, 1.807) is 30.3 Å². The van der Waals surface area contributed by atoms with Gasteiger partial charge in [0, 0.05) is 17.0 Å². The number of hydrogen-bond donors (Lipinski definition) is 2. The summed E-state index contributed by atoms with van der Waals surface area (Å²) >= 11 is 0. The average Bonchev–Trinajstić information content (AvgIpc) is 3.21. The first-order chi connectivity index (χ1) is 14.5. The Hall–Kier alpha value is -4.60. The monoisotopic (exact) mass is 404 g/mol. The first-order valence-electron chi connectivity index (χ1n) is 8.59. The number of benzene rings is 3. The van der Waals surface area contributed by atoms with Gasteiger partial charge in [0.2, 0.25) is 0 Å². The zero-order valence-corrected chi connectivity index (χ0v) is 15.1. The molecule has 3 aromatic carbocycles. The number of amides is 1. The van der Waals surface area contributed by atoms with Crippen LogP contribution in [0.15, 0.2) is 65.1 Å². The van der Waals surface area contributed by atoms with Crippen molar-refractivity contribution in [3.05, 3.63) is 81.9 Å². The summed E-state index contributed by atoms with van der Waals surface area (Å²) in [5.74, 6) is -1.97. The lowest BCUT2D eigenvalue weighted by Gasteiger charge is -2.08. The van der Waals surface area contributed by atoms with Crippen LogP contribution in [0.4, 0.5) is 11.7 Å². The van der Waals surface area contributed by atoms with E-state index in [1.165, 1.54) is 30.3 Å². The van der Waals surface area contributed by atoms with E-state index in [-0.39, 0.29) is 39.7 Å². The largest absolute Gasteiger partial charge is 0.478 e. The number of nitro groups is 1. The third-order valence-corrected chi connectivity index (χ3v) is 4.36. The highest BCUT2D eigenvalue weighted by atomic mass is 16.6. The number of fused-ring (bicyclic) bond motifs is 1. The van der Waals surface area contributed by atoms with E-state index in [0.29, 0.717) is 5.39 Å². The molecule has 0 unspecified atom stereocenters. The Kier molecular flexibility index (Phi) is 4.64. The molecule has 0 aliphatic carbocycles. The topological polar surface area (TPSA) is 148 Å². The lowest BCUT2D eigenvalue weighted by molar-refractivity contribution is -0.384. The number of anilines is 1. The molecule has 0 aliphatic heterocycles. The van der Waals surface area contributed by atoms with Crippen LogP contribution in [-0.2, 0) is 0 Å². The van der Waals surface area contributed by atoms with E-state index in [2.05, 4.69) is 15.5 Å². The van der Waals surface area contributed by atoms with Crippen molar-refractivity contribution >= 4 is 34.4 Å². The van der Waals surface area contributed by atoms with Gasteiger partial charge in [0.1, 0.15) is 5.56 Å². The number of carbonyl (C=O) groups is 2. The van der Waals surface area contributed by atoms with Gasteiger partial charge in [-0.15, -0.1) is 5.10 Å². The second kappa shape index (κ2) is 7.43. The van der Waals surface area contributed by atoms with Crippen molar-refractivity contribution in [1.82, 2.24) is 10.2 Å². The van der Waals surface area contributed by atoms with Gasteiger partial charge in [-0.1, -0.05) is 41.5 Å². The van der Waals surface area contributed by atoms with Crippen molar-refractivity contribution in [2.24, 2.45) is 0 Å². The number of carboxylic acids is 1. The summed E-state index contributed by atoms with van der Waals surface area (Å²) in [6.07, 6.45) is 0. The quantitative estimate of drug-likeness (QED) is 0.377. The fraction of sp³-hybridized carbons (Fsp3) is 0. The molecule has 0 fully saturated rings. The van der Waals surface area contributed by atoms with Crippen LogP contribution in [0.2, 0.25) is 0 Å². The first-order valence-corrected chi connectivity index (χ1v) is 8.59. The van der Waals surface area contributed by atoms with E-state index in [0.717, 1.165) is 0 Å². The van der Waals surface area contributed by atoms with E-state index < -0.39 is 16.8 Å². The SMILES string of the molecule is O=C(O)c1cccc2cccc(C(=O)Nc3nnc(-c4ccccc4[N+](=O)[O-])o3)c12. The molecular weight excluding hydrogens is 392 g/mol. The molecule has 1 heterocycles. The van der Waals surface area contributed by atoms with Gasteiger partial charge >= 0.3 is 12.0 Å². The minimum Gasteiger partial charge on any atom is -0.478 e. The van der Waals surface area contributed by atoms with Crippen molar-refractivity contribution < 1.29 is 24.0 Å². The summed E-state index contributed by atoms with van der Waals surface area (Å²) in [7, 11) is 0. The fourth-order valence-corrected chi connectivity index (χ4v) is 3.07. The number of nitrogens with one attached hydrogen (secondary N) is 1. The lowest BCUT2D eigenvalue weighted by Crippen LogP contribution is -2.14. The molecule has 1 aromatic heterocycles. The fourth-order valence-electron chi connectivity index (χ4n) is 3.07. The van der Waals surface area contributed by atoms with Gasteiger partial charge in [0.05, 0.1) is 10.5 Å². The van der Waals surface area contributed by atoms with Crippen LogP contribution < -0.4 is 5.32 Å². The zero-order valence-electron chi connectivity index (χ0n) is 15.1. The predicted molar refractivity (Wildman–Crippen MR) is 105 cm³/mol. The Morgan fingerprint density at radius 3 is 2.37 bits per heavy atom. The molecule has 4 aromatic rings. The van der Waals surface area contributed by atoms with Crippen LogP contribution in [0.25, 0.3) is 22.2 Å². The second-order valence-corrected chi connectivity index (χ2v) is 6.16. The van der Waals surface area contributed by atoms with Crippen molar-refractivity contribution in [2.75, 3.05) is 5.32 Å². The van der Waals surface area contributed by atoms with E-state index in [1.807, 2.05) is 0 Å². The molecule has 4 rings (SSSR count). The summed E-state index contributed by atoms with van der Waals surface area (Å²) < 4.78 is 5.37. The maximum atomic E-state index is 12.8. The van der Waals surface area contributed by atoms with Crippen molar-refractivity contribution in [3.8, 4) is 11.5 Å². The second-order valence-electron chi connectivity index (χ2n) is 6.16. The van der Waals surface area contributed by atoms with Gasteiger partial charge in [0.15, 0.2) is 0 Å². The molecule has 0 saturated carbocycles. The van der Waals surface area contributed by atoms with E-state index in [9.17, 15) is 24.8 Å². The Balaban J connectivity index is 1.69. The number of aromatic carboxylic acids is 1. The van der Waals surface area contributed by atoms with Gasteiger partial charge in [-0.25, -0.2) is 4.79 Å². The predicted octanol–water partition coefficient (Wildman–Crippen LogP) is 3.75. The minimum absolute atomic E-state index is 0.0237. The van der Waals surface area contributed by atoms with Gasteiger partial charge in [-0.05, 0) is 23.6 Å². The number of aromatic nitrogens is 2. The molecule has 148 valence electrons. The van der Waals surface area contributed by atoms with Crippen molar-refractivity contribution in [3.63, 3.8) is 0 Å². The molecule has 0 bridgehead atoms. The lowest BCUT2D eigenvalue weighted by atomic mass is 9.99. The summed E-state index contributed by atoms with van der Waals surface area (Å²) in [4.78, 5) is 34.9. The van der Waals surface area contributed by atoms with E-state index in [4.69, 9.17) is 4.42 Å². The summed E-state index contributed by atoms with van der Waals surface area (Å²) in [5.41, 5.74) is -0.0340. The molecule has 10 nitrogen and oxygen atoms in total. The number of rotatable bonds is 5. The first kappa shape index (κ1) is 18.7. The van der Waals surface area contributed by atoms with Crippen LogP contribution in [0.3, 0.4) is 0 Å². The third kappa shape index (κ3) is 3.33. The standard InChI is InChI=1S/C20H12N4O6/c25-17(13-8-3-5-11-6-4-9-14(16(11)13)19(26)27)21-20-23-22-18(30-20)12-7-1-2-10-15(12)24(28)29/h1-10H,(H,26,27)(H,21,23,25). The minimum atomic E-state index is -1.17. The van der Waals surface area contributed by atoms with Gasteiger partial charge < -0.3 is 9.52 Å². The normalized spacial score (nSPS) is 10.7. The molecule has 2 N–H and O–H groups in total. The molecule has 0 saturated heterocycles. The average molecular weight is 404 g/mol. The van der Waals surface area contributed by atoms with Gasteiger partial charge in [0.25, 0.3) is 17.5 Å². The number of nitrogens with zero attached hydrogens (tertiary/aromatic N) is 3. The Morgan fingerprint density at radius 2 is 1.67 bits per heavy atom. The molecule has 10 heteroatoms. The highest BCUT2D eigenvalue weighted by molar-refractivity contribution is 6.17. The molecule has 0 atom stereocenters. The van der Waals surface area contributed by atoms with E-state index >= 15 is 0 Å². The third-order valence-electron chi connectivity index (χ3n) is 4.36.